The lowest BCUT2D eigenvalue weighted by molar-refractivity contribution is 0.999. The van der Waals surface area contributed by atoms with Crippen LogP contribution in [0, 0.1) is 6.92 Å². The Morgan fingerprint density at radius 3 is 2.40 bits per heavy atom. The minimum atomic E-state index is 0. The highest BCUT2D eigenvalue weighted by molar-refractivity contribution is 8.93. The van der Waals surface area contributed by atoms with Gasteiger partial charge in [0.05, 0.1) is 10.7 Å². The second-order valence-electron chi connectivity index (χ2n) is 1.56. The topological polar surface area (TPSA) is 38.9 Å². The highest BCUT2D eigenvalue weighted by Crippen LogP contribution is 2.05. The second-order valence-corrected chi connectivity index (χ2v) is 2.62. The van der Waals surface area contributed by atoms with E-state index < -0.39 is 0 Å². The summed E-state index contributed by atoms with van der Waals surface area (Å²) in [5.74, 6) is 0. The van der Waals surface area contributed by atoms with Gasteiger partial charge in [0.25, 0.3) is 0 Å². The molecule has 0 spiro atoms. The van der Waals surface area contributed by atoms with Crippen molar-refractivity contribution >= 4 is 45.3 Å². The van der Waals surface area contributed by atoms with Crippen LogP contribution in [0.5, 0.6) is 0 Å². The number of hydrogen-bond acceptors (Lipinski definition) is 3. The average Bonchev–Trinajstić information content (AvgIpc) is 2.14. The van der Waals surface area contributed by atoms with Gasteiger partial charge in [-0.1, -0.05) is 0 Å². The van der Waals surface area contributed by atoms with E-state index in [1.54, 1.807) is 11.3 Å². The first-order valence-electron chi connectivity index (χ1n) is 2.44. The third kappa shape index (κ3) is 3.65. The van der Waals surface area contributed by atoms with Crippen LogP contribution in [-0.4, -0.2) is 4.98 Å². The van der Waals surface area contributed by atoms with E-state index in [0.717, 1.165) is 10.7 Å². The molecule has 1 rings (SSSR count). The summed E-state index contributed by atoms with van der Waals surface area (Å²) < 4.78 is 0. The lowest BCUT2D eigenvalue weighted by Crippen LogP contribution is -1.95. The fourth-order valence-corrected chi connectivity index (χ4v) is 1.13. The number of nitrogens with two attached hydrogens (primary N) is 1. The monoisotopic (exact) mass is 288 g/mol. The molecule has 0 fully saturated rings. The first-order chi connectivity index (χ1) is 3.83. The van der Waals surface area contributed by atoms with Crippen molar-refractivity contribution in [3.8, 4) is 0 Å². The predicted molar refractivity (Wildman–Crippen MR) is 55.4 cm³/mol. The molecule has 2 N–H and O–H groups in total. The van der Waals surface area contributed by atoms with Gasteiger partial charge in [0, 0.05) is 11.9 Å². The molecule has 2 nitrogen and oxygen atoms in total. The molecule has 0 aliphatic carbocycles. The van der Waals surface area contributed by atoms with E-state index in [2.05, 4.69) is 4.98 Å². The van der Waals surface area contributed by atoms with Gasteiger partial charge < -0.3 is 5.73 Å². The van der Waals surface area contributed by atoms with Crippen LogP contribution < -0.4 is 5.73 Å². The van der Waals surface area contributed by atoms with Crippen molar-refractivity contribution in [2.75, 3.05) is 0 Å². The molecule has 10 heavy (non-hydrogen) atoms. The van der Waals surface area contributed by atoms with Gasteiger partial charge in [-0.05, 0) is 6.92 Å². The van der Waals surface area contributed by atoms with Gasteiger partial charge in [-0.25, -0.2) is 4.98 Å². The second kappa shape index (κ2) is 6.27. The lowest BCUT2D eigenvalue weighted by Gasteiger charge is -1.80. The van der Waals surface area contributed by atoms with E-state index >= 15 is 0 Å². The zero-order valence-electron chi connectivity index (χ0n) is 5.53. The van der Waals surface area contributed by atoms with Crippen LogP contribution in [0.15, 0.2) is 5.38 Å². The molecule has 0 amide bonds. The summed E-state index contributed by atoms with van der Waals surface area (Å²) >= 11 is 1.64. The Kier molecular flexibility index (Phi) is 8.26. The van der Waals surface area contributed by atoms with Crippen molar-refractivity contribution in [3.63, 3.8) is 0 Å². The Bertz CT molecular complexity index is 178. The van der Waals surface area contributed by atoms with Gasteiger partial charge in [0.15, 0.2) is 0 Å². The normalized spacial score (nSPS) is 7.80. The molecule has 0 bridgehead atoms. The lowest BCUT2D eigenvalue weighted by atomic mass is 10.5. The summed E-state index contributed by atoms with van der Waals surface area (Å²) in [4.78, 5) is 4.12. The molecule has 0 radical (unpaired) electrons. The molecule has 0 aliphatic rings. The SMILES string of the molecule is Br.Br.Cc1nc(CN)cs1. The molecular formula is C5H10Br2N2S. The molecule has 0 saturated heterocycles. The van der Waals surface area contributed by atoms with Gasteiger partial charge in [-0.15, -0.1) is 45.3 Å². The Morgan fingerprint density at radius 1 is 1.60 bits per heavy atom. The van der Waals surface area contributed by atoms with Crippen molar-refractivity contribution < 1.29 is 0 Å². The number of rotatable bonds is 1. The standard InChI is InChI=1S/C5H8N2S.2BrH/c1-4-7-5(2-6)3-8-4;;/h3H,2,6H2,1H3;2*1H. The van der Waals surface area contributed by atoms with Crippen LogP contribution in [0.2, 0.25) is 0 Å². The van der Waals surface area contributed by atoms with E-state index in [-0.39, 0.29) is 34.0 Å². The fourth-order valence-electron chi connectivity index (χ4n) is 0.502. The van der Waals surface area contributed by atoms with Crippen molar-refractivity contribution in [2.45, 2.75) is 13.5 Å². The van der Waals surface area contributed by atoms with Gasteiger partial charge in [0.2, 0.25) is 0 Å². The summed E-state index contributed by atoms with van der Waals surface area (Å²) in [7, 11) is 0. The highest BCUT2D eigenvalue weighted by atomic mass is 79.9. The maximum absolute atomic E-state index is 5.31. The minimum absolute atomic E-state index is 0. The number of aromatic nitrogens is 1. The summed E-state index contributed by atoms with van der Waals surface area (Å²) in [6.07, 6.45) is 0. The van der Waals surface area contributed by atoms with E-state index in [4.69, 9.17) is 5.73 Å². The van der Waals surface area contributed by atoms with Gasteiger partial charge in [-0.2, -0.15) is 0 Å². The van der Waals surface area contributed by atoms with Crippen molar-refractivity contribution in [1.82, 2.24) is 4.98 Å². The van der Waals surface area contributed by atoms with Crippen LogP contribution in [0.4, 0.5) is 0 Å². The molecule has 5 heteroatoms. The first kappa shape index (κ1) is 13.2. The fraction of sp³-hybridized carbons (Fsp3) is 0.400. The van der Waals surface area contributed by atoms with Crippen molar-refractivity contribution in [3.05, 3.63) is 16.1 Å². The molecule has 0 unspecified atom stereocenters. The smallest absolute Gasteiger partial charge is 0.0897 e. The third-order valence-electron chi connectivity index (χ3n) is 0.876. The Labute approximate surface area is 85.4 Å². The largest absolute Gasteiger partial charge is 0.325 e. The quantitative estimate of drug-likeness (QED) is 0.860. The summed E-state index contributed by atoms with van der Waals surface area (Å²) in [6.45, 7) is 2.54. The Balaban J connectivity index is 0. The van der Waals surface area contributed by atoms with E-state index in [9.17, 15) is 0 Å². The molecule has 1 aromatic rings. The Morgan fingerprint density at radius 2 is 2.20 bits per heavy atom. The van der Waals surface area contributed by atoms with E-state index in [1.807, 2.05) is 12.3 Å². The minimum Gasteiger partial charge on any atom is -0.325 e. The molecule has 0 aromatic carbocycles. The third-order valence-corrected chi connectivity index (χ3v) is 1.70. The van der Waals surface area contributed by atoms with Crippen LogP contribution in [0.25, 0.3) is 0 Å². The van der Waals surface area contributed by atoms with Gasteiger partial charge >= 0.3 is 0 Å². The molecule has 0 saturated carbocycles. The van der Waals surface area contributed by atoms with Crippen molar-refractivity contribution in [1.29, 1.82) is 0 Å². The van der Waals surface area contributed by atoms with Crippen molar-refractivity contribution in [2.24, 2.45) is 5.73 Å². The van der Waals surface area contributed by atoms with Crippen LogP contribution in [-0.2, 0) is 6.54 Å². The number of nitrogens with zero attached hydrogens (tertiary/aromatic N) is 1. The van der Waals surface area contributed by atoms with Crippen LogP contribution in [0.1, 0.15) is 10.7 Å². The predicted octanol–water partition coefficient (Wildman–Crippen LogP) is 2.07. The van der Waals surface area contributed by atoms with E-state index in [1.165, 1.54) is 0 Å². The molecule has 0 atom stereocenters. The number of halogens is 2. The molecule has 60 valence electrons. The zero-order valence-corrected chi connectivity index (χ0v) is 9.78. The zero-order chi connectivity index (χ0) is 5.98. The summed E-state index contributed by atoms with van der Waals surface area (Å²) in [5.41, 5.74) is 6.30. The first-order valence-corrected chi connectivity index (χ1v) is 3.32. The maximum Gasteiger partial charge on any atom is 0.0897 e. The van der Waals surface area contributed by atoms with Gasteiger partial charge in [0.1, 0.15) is 0 Å². The number of hydrogen-bond donors (Lipinski definition) is 1. The average molecular weight is 290 g/mol. The summed E-state index contributed by atoms with van der Waals surface area (Å²) in [5, 5.41) is 3.07. The highest BCUT2D eigenvalue weighted by Gasteiger charge is 1.91. The van der Waals surface area contributed by atoms with Gasteiger partial charge in [-0.3, -0.25) is 0 Å². The molecule has 0 aliphatic heterocycles. The number of thiazole rings is 1. The summed E-state index contributed by atoms with van der Waals surface area (Å²) in [6, 6.07) is 0. The number of aryl methyl sites for hydroxylation is 1. The molecular weight excluding hydrogens is 280 g/mol. The molecule has 1 heterocycles. The molecule has 1 aromatic heterocycles. The Hall–Kier alpha value is 0.550. The maximum atomic E-state index is 5.31. The van der Waals surface area contributed by atoms with E-state index in [0.29, 0.717) is 6.54 Å². The van der Waals surface area contributed by atoms with Crippen LogP contribution in [0.3, 0.4) is 0 Å². The van der Waals surface area contributed by atoms with Crippen LogP contribution >= 0.6 is 45.3 Å².